The highest BCUT2D eigenvalue weighted by molar-refractivity contribution is 6.43. The van der Waals surface area contributed by atoms with Gasteiger partial charge in [0.05, 0.1) is 6.07 Å². The second-order valence-corrected chi connectivity index (χ2v) is 5.69. The number of hydrogen-bond donors (Lipinski definition) is 2. The lowest BCUT2D eigenvalue weighted by molar-refractivity contribution is -0.612. The molecule has 2 rings (SSSR count). The molecule has 10 nitrogen and oxygen atoms in total. The Morgan fingerprint density at radius 2 is 1.62 bits per heavy atom. The average molecular weight is 363 g/mol. The van der Waals surface area contributed by atoms with Gasteiger partial charge in [0, 0.05) is 26.2 Å². The van der Waals surface area contributed by atoms with Gasteiger partial charge in [-0.15, -0.1) is 0 Å². The zero-order valence-corrected chi connectivity index (χ0v) is 14.7. The molecule has 0 unspecified atom stereocenters. The summed E-state index contributed by atoms with van der Waals surface area (Å²) in [6.07, 6.45) is 1.79. The van der Waals surface area contributed by atoms with Crippen molar-refractivity contribution in [2.24, 2.45) is 0 Å². The quantitative estimate of drug-likeness (QED) is 0.273. The normalized spacial score (nSPS) is 13.4. The van der Waals surface area contributed by atoms with E-state index in [0.717, 1.165) is 12.8 Å². The molecule has 1 aromatic heterocycles. The van der Waals surface area contributed by atoms with Crippen molar-refractivity contribution in [3.63, 3.8) is 0 Å². The van der Waals surface area contributed by atoms with Gasteiger partial charge in [-0.3, -0.25) is 19.2 Å². The van der Waals surface area contributed by atoms with E-state index in [0.29, 0.717) is 13.1 Å². The highest BCUT2D eigenvalue weighted by atomic mass is 16.5. The van der Waals surface area contributed by atoms with Crippen LogP contribution in [0.3, 0.4) is 0 Å². The molecular weight excluding hydrogens is 342 g/mol. The highest BCUT2D eigenvalue weighted by Crippen LogP contribution is 2.18. The molecule has 0 aliphatic carbocycles. The Balaban J connectivity index is 2.52. The molecule has 1 fully saturated rings. The van der Waals surface area contributed by atoms with Gasteiger partial charge in [0.15, 0.2) is 5.69 Å². The fourth-order valence-corrected chi connectivity index (χ4v) is 2.59. The number of ketones is 2. The largest absolute Gasteiger partial charge is 0.710 e. The number of hydrogen-bond acceptors (Lipinski definition) is 7. The number of carbonyl (C=O) groups is 4. The molecule has 1 aromatic rings. The lowest BCUT2D eigenvalue weighted by Gasteiger charge is -2.16. The first-order valence-corrected chi connectivity index (χ1v) is 8.45. The predicted octanol–water partition coefficient (Wildman–Crippen LogP) is -1.05. The summed E-state index contributed by atoms with van der Waals surface area (Å²) in [5.41, 5.74) is -0.541. The summed E-state index contributed by atoms with van der Waals surface area (Å²) in [5.74, 6) is -4.72. The first-order valence-electron chi connectivity index (χ1n) is 8.45. The number of rotatable bonds is 7. The van der Waals surface area contributed by atoms with Crippen LogP contribution in [0, 0.1) is 5.21 Å². The number of Topliss-reactive ketones (excluding diaryl/α,β-unsaturated/α-hetero) is 2. The van der Waals surface area contributed by atoms with Crippen LogP contribution in [0.4, 0.5) is 5.82 Å². The number of nitrogens with one attached hydrogen (secondary N) is 2. The Morgan fingerprint density at radius 3 is 2.15 bits per heavy atom. The molecule has 0 bridgehead atoms. The van der Waals surface area contributed by atoms with Gasteiger partial charge in [0.1, 0.15) is 0 Å². The number of carbonyl (C=O) groups excluding carboxylic acids is 4. The van der Waals surface area contributed by atoms with E-state index in [2.05, 4.69) is 15.6 Å². The van der Waals surface area contributed by atoms with Crippen molar-refractivity contribution in [2.75, 3.05) is 31.1 Å². The third kappa shape index (κ3) is 3.95. The van der Waals surface area contributed by atoms with Crippen LogP contribution in [0.1, 0.15) is 47.8 Å². The van der Waals surface area contributed by atoms with Crippen LogP contribution in [0.2, 0.25) is 0 Å². The van der Waals surface area contributed by atoms with Gasteiger partial charge in [-0.05, 0) is 31.7 Å². The maximum atomic E-state index is 12.5. The van der Waals surface area contributed by atoms with Gasteiger partial charge in [0.25, 0.3) is 11.7 Å². The Morgan fingerprint density at radius 1 is 1.08 bits per heavy atom. The number of anilines is 1. The molecule has 0 aromatic carbocycles. The summed E-state index contributed by atoms with van der Waals surface area (Å²) in [6.45, 7) is 4.92. The van der Waals surface area contributed by atoms with Gasteiger partial charge in [-0.1, -0.05) is 0 Å². The third-order valence-electron chi connectivity index (χ3n) is 3.85. The van der Waals surface area contributed by atoms with Crippen molar-refractivity contribution in [1.29, 1.82) is 0 Å². The highest BCUT2D eigenvalue weighted by Gasteiger charge is 2.34. The summed E-state index contributed by atoms with van der Waals surface area (Å²) in [4.78, 5) is 54.0. The zero-order valence-electron chi connectivity index (χ0n) is 14.7. The maximum absolute atomic E-state index is 12.5. The Labute approximate surface area is 150 Å². The molecule has 2 N–H and O–H groups in total. The van der Waals surface area contributed by atoms with Crippen LogP contribution in [0.5, 0.6) is 0 Å². The SMILES string of the molecule is CCNC(=O)C(=O)c1cc(N2CCCC2)nc(C(=O)C(=O)NCC)[n+]1[O-]. The smallest absolute Gasteiger partial charge is 0.382 e. The summed E-state index contributed by atoms with van der Waals surface area (Å²) in [6, 6.07) is 1.18. The van der Waals surface area contributed by atoms with Gasteiger partial charge < -0.3 is 20.7 Å². The standard InChI is InChI=1S/C16H21N5O5/c1-3-17-15(24)12(22)10-9-11(20-7-5-6-8-20)19-14(21(10)26)13(23)16(25)18-4-2/h9H,3-8H2,1-2H3,(H,17,24)(H,18,25). The lowest BCUT2D eigenvalue weighted by atomic mass is 10.2. The third-order valence-corrected chi connectivity index (χ3v) is 3.85. The molecule has 2 heterocycles. The van der Waals surface area contributed by atoms with Crippen LogP contribution >= 0.6 is 0 Å². The second kappa shape index (κ2) is 8.37. The zero-order chi connectivity index (χ0) is 19.3. The van der Waals surface area contributed by atoms with Gasteiger partial charge in [-0.2, -0.15) is 0 Å². The summed E-state index contributed by atoms with van der Waals surface area (Å²) in [7, 11) is 0. The number of amides is 2. The van der Waals surface area contributed by atoms with Crippen molar-refractivity contribution >= 4 is 29.2 Å². The van der Waals surface area contributed by atoms with Crippen molar-refractivity contribution < 1.29 is 23.9 Å². The molecular formula is C16H21N5O5. The van der Waals surface area contributed by atoms with Crippen LogP contribution in [-0.4, -0.2) is 54.5 Å². The molecule has 0 radical (unpaired) electrons. The fraction of sp³-hybridized carbons (Fsp3) is 0.500. The molecule has 10 heteroatoms. The van der Waals surface area contributed by atoms with E-state index in [1.807, 2.05) is 0 Å². The van der Waals surface area contributed by atoms with E-state index in [9.17, 15) is 24.4 Å². The van der Waals surface area contributed by atoms with Gasteiger partial charge in [-0.25, -0.2) is 4.73 Å². The molecule has 26 heavy (non-hydrogen) atoms. The molecule has 0 spiro atoms. The molecule has 1 aliphatic rings. The topological polar surface area (TPSA) is 135 Å². The van der Waals surface area contributed by atoms with E-state index in [-0.39, 0.29) is 23.6 Å². The van der Waals surface area contributed by atoms with Crippen LogP contribution in [-0.2, 0) is 9.59 Å². The molecule has 140 valence electrons. The molecule has 2 amide bonds. The number of nitrogens with zero attached hydrogens (tertiary/aromatic N) is 3. The lowest BCUT2D eigenvalue weighted by Crippen LogP contribution is -2.48. The second-order valence-electron chi connectivity index (χ2n) is 5.69. The van der Waals surface area contributed by atoms with Crippen molar-refractivity contribution in [2.45, 2.75) is 26.7 Å². The van der Waals surface area contributed by atoms with Crippen LogP contribution < -0.4 is 20.3 Å². The van der Waals surface area contributed by atoms with E-state index in [4.69, 9.17) is 0 Å². The van der Waals surface area contributed by atoms with Crippen molar-refractivity contribution in [3.05, 3.63) is 22.8 Å². The predicted molar refractivity (Wildman–Crippen MR) is 90.7 cm³/mol. The van der Waals surface area contributed by atoms with E-state index < -0.39 is 34.9 Å². The average Bonchev–Trinajstić information content (AvgIpc) is 3.16. The van der Waals surface area contributed by atoms with Crippen LogP contribution in [0.15, 0.2) is 6.07 Å². The fourth-order valence-electron chi connectivity index (χ4n) is 2.59. The molecule has 0 atom stereocenters. The minimum absolute atomic E-state index is 0.0469. The summed E-state index contributed by atoms with van der Waals surface area (Å²) < 4.78 is -0.0469. The first-order chi connectivity index (χ1) is 12.4. The Bertz CT molecular complexity index is 692. The molecule has 0 saturated carbocycles. The minimum Gasteiger partial charge on any atom is -0.710 e. The van der Waals surface area contributed by atoms with Gasteiger partial charge >= 0.3 is 17.5 Å². The summed E-state index contributed by atoms with van der Waals surface area (Å²) in [5, 5.41) is 17.1. The van der Waals surface area contributed by atoms with Gasteiger partial charge in [0.2, 0.25) is 5.82 Å². The Kier molecular flexibility index (Phi) is 6.21. The first kappa shape index (κ1) is 19.3. The summed E-state index contributed by atoms with van der Waals surface area (Å²) >= 11 is 0. The monoisotopic (exact) mass is 363 g/mol. The Hall–Kier alpha value is -3.04. The number of aromatic nitrogens is 2. The van der Waals surface area contributed by atoms with E-state index in [1.165, 1.54) is 6.07 Å². The van der Waals surface area contributed by atoms with Crippen molar-refractivity contribution in [1.82, 2.24) is 15.6 Å². The van der Waals surface area contributed by atoms with Crippen LogP contribution in [0.25, 0.3) is 0 Å². The van der Waals surface area contributed by atoms with E-state index >= 15 is 0 Å². The maximum Gasteiger partial charge on any atom is 0.382 e. The van der Waals surface area contributed by atoms with E-state index in [1.54, 1.807) is 18.7 Å². The molecule has 1 aliphatic heterocycles. The minimum atomic E-state index is -1.16. The number of likely N-dealkylation sites (N-methyl/N-ethyl adjacent to an activating group) is 2. The molecule has 1 saturated heterocycles. The van der Waals surface area contributed by atoms with Crippen molar-refractivity contribution in [3.8, 4) is 0 Å².